The first-order chi connectivity index (χ1) is 5.75. The lowest BCUT2D eigenvalue weighted by Crippen LogP contribution is -2.33. The van der Waals surface area contributed by atoms with Crippen LogP contribution in [0.2, 0.25) is 0 Å². The summed E-state index contributed by atoms with van der Waals surface area (Å²) in [6, 6.07) is 0. The average Bonchev–Trinajstić information content (AvgIpc) is 2.05. The second-order valence-corrected chi connectivity index (χ2v) is 4.24. The molecule has 1 heterocycles. The fraction of sp³-hybridized carbons (Fsp3) is 0.444. The quantitative estimate of drug-likeness (QED) is 0.675. The van der Waals surface area contributed by atoms with Gasteiger partial charge in [0.05, 0.1) is 0 Å². The molecule has 64 valence electrons. The summed E-state index contributed by atoms with van der Waals surface area (Å²) < 4.78 is 1.23. The third-order valence-corrected chi connectivity index (χ3v) is 2.92. The molecule has 0 saturated carbocycles. The van der Waals surface area contributed by atoms with Gasteiger partial charge in [0.2, 0.25) is 5.91 Å². The molecule has 2 nitrogen and oxygen atoms in total. The lowest BCUT2D eigenvalue weighted by Gasteiger charge is -2.27. The molecule has 1 aliphatic carbocycles. The molecule has 2 aliphatic rings. The van der Waals surface area contributed by atoms with E-state index in [1.807, 2.05) is 12.2 Å². The average molecular weight is 228 g/mol. The minimum absolute atomic E-state index is 0.156. The third-order valence-electron chi connectivity index (χ3n) is 2.33. The zero-order valence-corrected chi connectivity index (χ0v) is 8.23. The summed E-state index contributed by atoms with van der Waals surface area (Å²) in [5.41, 5.74) is 1.09. The van der Waals surface area contributed by atoms with Crippen LogP contribution in [0.4, 0.5) is 0 Å². The van der Waals surface area contributed by atoms with Crippen molar-refractivity contribution < 1.29 is 4.79 Å². The predicted molar refractivity (Wildman–Crippen MR) is 50.6 cm³/mol. The van der Waals surface area contributed by atoms with Crippen LogP contribution in [0, 0.1) is 5.92 Å². The standard InChI is InChI=1S/C9H10BrNO/c10-7-2-3-8-6(5-7)1-4-9(12)11-8/h2-3,6H,1,4-5H2,(H,11,12). The van der Waals surface area contributed by atoms with E-state index < -0.39 is 0 Å². The lowest BCUT2D eigenvalue weighted by atomic mass is 9.89. The summed E-state index contributed by atoms with van der Waals surface area (Å²) in [6.45, 7) is 0. The number of rotatable bonds is 0. The van der Waals surface area contributed by atoms with Crippen molar-refractivity contribution in [3.8, 4) is 0 Å². The minimum Gasteiger partial charge on any atom is -0.329 e. The highest BCUT2D eigenvalue weighted by atomic mass is 79.9. The minimum atomic E-state index is 0.156. The summed E-state index contributed by atoms with van der Waals surface area (Å²) in [5, 5.41) is 2.90. The van der Waals surface area contributed by atoms with Gasteiger partial charge >= 0.3 is 0 Å². The van der Waals surface area contributed by atoms with Gasteiger partial charge in [-0.2, -0.15) is 0 Å². The maximum atomic E-state index is 11.0. The number of amides is 1. The number of hydrogen-bond acceptors (Lipinski definition) is 1. The van der Waals surface area contributed by atoms with Crippen LogP contribution in [-0.2, 0) is 4.79 Å². The molecule has 1 fully saturated rings. The summed E-state index contributed by atoms with van der Waals surface area (Å²) in [6.07, 6.45) is 6.70. The zero-order chi connectivity index (χ0) is 8.55. The SMILES string of the molecule is O=C1CCC2CC(Br)=CC=C2N1. The first kappa shape index (κ1) is 8.05. The van der Waals surface area contributed by atoms with Crippen LogP contribution in [0.25, 0.3) is 0 Å². The first-order valence-corrected chi connectivity index (χ1v) is 4.91. The smallest absolute Gasteiger partial charge is 0.224 e. The van der Waals surface area contributed by atoms with Crippen LogP contribution < -0.4 is 5.32 Å². The van der Waals surface area contributed by atoms with E-state index in [0.717, 1.165) is 18.5 Å². The molecule has 1 amide bonds. The van der Waals surface area contributed by atoms with Crippen molar-refractivity contribution in [2.75, 3.05) is 0 Å². The van der Waals surface area contributed by atoms with Gasteiger partial charge in [0, 0.05) is 18.0 Å². The molecule has 3 heteroatoms. The molecule has 12 heavy (non-hydrogen) atoms. The maximum absolute atomic E-state index is 11.0. The van der Waals surface area contributed by atoms with E-state index in [1.165, 1.54) is 4.48 Å². The number of hydrogen-bond donors (Lipinski definition) is 1. The molecule has 1 aliphatic heterocycles. The van der Waals surface area contributed by atoms with E-state index >= 15 is 0 Å². The van der Waals surface area contributed by atoms with Crippen molar-refractivity contribution in [1.29, 1.82) is 0 Å². The summed E-state index contributed by atoms with van der Waals surface area (Å²) in [4.78, 5) is 11.0. The highest BCUT2D eigenvalue weighted by Gasteiger charge is 2.24. The molecule has 0 bridgehead atoms. The number of nitrogens with one attached hydrogen (secondary N) is 1. The molecular formula is C9H10BrNO. The van der Waals surface area contributed by atoms with Gasteiger partial charge in [-0.15, -0.1) is 0 Å². The number of carbonyl (C=O) groups excluding carboxylic acids is 1. The van der Waals surface area contributed by atoms with Gasteiger partial charge < -0.3 is 5.32 Å². The van der Waals surface area contributed by atoms with E-state index in [2.05, 4.69) is 21.2 Å². The first-order valence-electron chi connectivity index (χ1n) is 4.12. The van der Waals surface area contributed by atoms with E-state index in [1.54, 1.807) is 0 Å². The molecule has 0 aromatic carbocycles. The van der Waals surface area contributed by atoms with Gasteiger partial charge in [0.15, 0.2) is 0 Å². The molecule has 0 aromatic heterocycles. The largest absolute Gasteiger partial charge is 0.329 e. The van der Waals surface area contributed by atoms with Crippen molar-refractivity contribution in [1.82, 2.24) is 5.32 Å². The Bertz CT molecular complexity index is 280. The Labute approximate surface area is 79.8 Å². The van der Waals surface area contributed by atoms with Crippen LogP contribution in [0.15, 0.2) is 22.3 Å². The predicted octanol–water partition coefficient (Wildman–Crippen LogP) is 2.08. The van der Waals surface area contributed by atoms with Gasteiger partial charge in [-0.1, -0.05) is 22.0 Å². The van der Waals surface area contributed by atoms with Gasteiger partial charge in [-0.3, -0.25) is 4.79 Å². The molecule has 2 rings (SSSR count). The maximum Gasteiger partial charge on any atom is 0.224 e. The summed E-state index contributed by atoms with van der Waals surface area (Å²) in [5.74, 6) is 0.686. The van der Waals surface area contributed by atoms with E-state index in [-0.39, 0.29) is 5.91 Å². The molecular weight excluding hydrogens is 218 g/mol. The number of carbonyl (C=O) groups is 1. The molecule has 1 N–H and O–H groups in total. The summed E-state index contributed by atoms with van der Waals surface area (Å²) in [7, 11) is 0. The number of halogens is 1. The van der Waals surface area contributed by atoms with E-state index in [9.17, 15) is 4.79 Å². The van der Waals surface area contributed by atoms with Crippen LogP contribution in [0.3, 0.4) is 0 Å². The Morgan fingerprint density at radius 1 is 1.50 bits per heavy atom. The fourth-order valence-corrected chi connectivity index (χ4v) is 2.18. The second kappa shape index (κ2) is 3.05. The van der Waals surface area contributed by atoms with Gasteiger partial charge in [0.25, 0.3) is 0 Å². The van der Waals surface area contributed by atoms with Gasteiger partial charge in [0.1, 0.15) is 0 Å². The highest BCUT2D eigenvalue weighted by molar-refractivity contribution is 9.11. The van der Waals surface area contributed by atoms with Crippen molar-refractivity contribution >= 4 is 21.8 Å². The van der Waals surface area contributed by atoms with Crippen LogP contribution >= 0.6 is 15.9 Å². The molecule has 0 radical (unpaired) electrons. The Morgan fingerprint density at radius 3 is 3.17 bits per heavy atom. The topological polar surface area (TPSA) is 29.1 Å². The normalized spacial score (nSPS) is 28.4. The Balaban J connectivity index is 2.20. The lowest BCUT2D eigenvalue weighted by molar-refractivity contribution is -0.121. The second-order valence-electron chi connectivity index (χ2n) is 3.22. The summed E-state index contributed by atoms with van der Waals surface area (Å²) >= 11 is 3.47. The van der Waals surface area contributed by atoms with Crippen LogP contribution in [0.1, 0.15) is 19.3 Å². The molecule has 1 unspecified atom stereocenters. The van der Waals surface area contributed by atoms with Crippen LogP contribution in [-0.4, -0.2) is 5.91 Å². The van der Waals surface area contributed by atoms with Crippen molar-refractivity contribution in [3.05, 3.63) is 22.3 Å². The van der Waals surface area contributed by atoms with Gasteiger partial charge in [-0.05, 0) is 23.4 Å². The van der Waals surface area contributed by atoms with Crippen molar-refractivity contribution in [2.45, 2.75) is 19.3 Å². The number of allylic oxidation sites excluding steroid dienone is 4. The zero-order valence-electron chi connectivity index (χ0n) is 6.64. The Kier molecular flexibility index (Phi) is 2.05. The Hall–Kier alpha value is -0.570. The third kappa shape index (κ3) is 1.46. The fourth-order valence-electron chi connectivity index (χ4n) is 1.66. The number of fused-ring (bicyclic) bond motifs is 1. The van der Waals surface area contributed by atoms with E-state index in [0.29, 0.717) is 12.3 Å². The number of piperidine rings is 1. The van der Waals surface area contributed by atoms with Crippen molar-refractivity contribution in [3.63, 3.8) is 0 Å². The van der Waals surface area contributed by atoms with E-state index in [4.69, 9.17) is 0 Å². The molecule has 0 aromatic rings. The van der Waals surface area contributed by atoms with Gasteiger partial charge in [-0.25, -0.2) is 0 Å². The molecule has 0 spiro atoms. The Morgan fingerprint density at radius 2 is 2.33 bits per heavy atom. The molecule has 1 saturated heterocycles. The monoisotopic (exact) mass is 227 g/mol. The molecule has 1 atom stereocenters. The highest BCUT2D eigenvalue weighted by Crippen LogP contribution is 2.32. The van der Waals surface area contributed by atoms with Crippen LogP contribution in [0.5, 0.6) is 0 Å². The van der Waals surface area contributed by atoms with Crippen molar-refractivity contribution in [2.24, 2.45) is 5.92 Å².